The molecule has 2 nitrogen and oxygen atoms in total. The Labute approximate surface area is 189 Å². The van der Waals surface area contributed by atoms with Crippen molar-refractivity contribution in [3.05, 3.63) is 97.1 Å². The molecule has 0 bridgehead atoms. The van der Waals surface area contributed by atoms with E-state index in [0.29, 0.717) is 5.89 Å². The highest BCUT2D eigenvalue weighted by atomic mass is 35.9. The summed E-state index contributed by atoms with van der Waals surface area (Å²) in [5.41, 5.74) is 3.98. The van der Waals surface area contributed by atoms with Gasteiger partial charge >= 0.3 is 21.0 Å². The molecule has 29 heavy (non-hydrogen) atoms. The topological polar surface area (TPSA) is 24.2 Å². The predicted molar refractivity (Wildman–Crippen MR) is 126 cm³/mol. The summed E-state index contributed by atoms with van der Waals surface area (Å²) in [5.74, 6) is 1.43. The van der Waals surface area contributed by atoms with Crippen molar-refractivity contribution in [2.45, 2.75) is 0 Å². The average molecular weight is 479 g/mol. The molecule has 0 amide bonds. The standard InChI is InChI=1S/C22H16NO.Al.4ClH/c1-4-10-17(11-5-1)20-16-21(18-12-6-2-7-13-18)24-22(23-20)19-14-8-3-9-15-19;;;;;/h1-16H;;4*1H/q+1;+3;;;;/p-4. The minimum Gasteiger partial charge on any atom is -0.391 e. The SMILES string of the molecule is [Cl][Al-]([Cl])([Cl])[Cl].c1ccc(-c2cc(-c3ccccc3)[o+]c(-c3ccccc3)n2)cc1. The Balaban J connectivity index is 0.000000431. The predicted octanol–water partition coefficient (Wildman–Crippen LogP) is 8.33. The highest BCUT2D eigenvalue weighted by Crippen LogP contribution is 2.29. The van der Waals surface area contributed by atoms with Crippen LogP contribution < -0.4 is 0 Å². The van der Waals surface area contributed by atoms with Crippen molar-refractivity contribution in [3.63, 3.8) is 0 Å². The molecule has 0 fully saturated rings. The molecule has 0 N–H and O–H groups in total. The molecule has 0 saturated carbocycles. The number of halogens is 4. The van der Waals surface area contributed by atoms with Crippen LogP contribution in [0, 0.1) is 0 Å². The lowest BCUT2D eigenvalue weighted by Gasteiger charge is -2.00. The van der Waals surface area contributed by atoms with Gasteiger partial charge in [-0.25, -0.2) is 0 Å². The van der Waals surface area contributed by atoms with Crippen molar-refractivity contribution < 1.29 is 4.42 Å². The Hall–Kier alpha value is -1.57. The second-order valence-electron chi connectivity index (χ2n) is 6.01. The second kappa shape index (κ2) is 10.5. The van der Waals surface area contributed by atoms with Gasteiger partial charge in [0.25, 0.3) is 0 Å². The first-order valence-corrected chi connectivity index (χ1v) is 15.8. The number of benzene rings is 3. The molecule has 3 aromatic carbocycles. The van der Waals surface area contributed by atoms with Crippen LogP contribution in [0.3, 0.4) is 0 Å². The third-order valence-corrected chi connectivity index (χ3v) is 3.85. The Bertz CT molecular complexity index is 897. The van der Waals surface area contributed by atoms with E-state index in [1.54, 1.807) is 0 Å². The summed E-state index contributed by atoms with van der Waals surface area (Å²) in [6, 6.07) is 32.3. The van der Waals surface area contributed by atoms with Gasteiger partial charge in [0, 0.05) is 5.56 Å². The van der Waals surface area contributed by atoms with Crippen molar-refractivity contribution >= 4 is 49.6 Å². The number of rotatable bonds is 3. The van der Waals surface area contributed by atoms with E-state index < -0.39 is 9.39 Å². The highest BCUT2D eigenvalue weighted by Gasteiger charge is 2.21. The van der Waals surface area contributed by atoms with Crippen LogP contribution in [0.15, 0.2) is 101 Å². The molecular weight excluding hydrogens is 463 g/mol. The molecule has 0 aliphatic heterocycles. The Morgan fingerprint density at radius 1 is 0.586 bits per heavy atom. The van der Waals surface area contributed by atoms with Crippen molar-refractivity contribution in [2.75, 3.05) is 0 Å². The Kier molecular flexibility index (Phi) is 7.98. The fourth-order valence-corrected chi connectivity index (χ4v) is 2.63. The van der Waals surface area contributed by atoms with Crippen molar-refractivity contribution in [1.29, 1.82) is 0 Å². The third kappa shape index (κ3) is 7.32. The van der Waals surface area contributed by atoms with E-state index in [1.165, 1.54) is 0 Å². The maximum Gasteiger partial charge on any atom is 0.564 e. The molecule has 0 spiro atoms. The van der Waals surface area contributed by atoms with Gasteiger partial charge in [0.2, 0.25) is 0 Å². The molecule has 0 aliphatic carbocycles. The van der Waals surface area contributed by atoms with Gasteiger partial charge in [-0.2, -0.15) is 9.40 Å². The Morgan fingerprint density at radius 3 is 1.48 bits per heavy atom. The maximum absolute atomic E-state index is 6.10. The highest BCUT2D eigenvalue weighted by molar-refractivity contribution is 7.81. The molecule has 1 heterocycles. The quantitative estimate of drug-likeness (QED) is 0.218. The number of aromatic nitrogens is 1. The second-order valence-corrected chi connectivity index (χ2v) is 18.9. The van der Waals surface area contributed by atoms with Gasteiger partial charge in [-0.15, -0.1) is 0 Å². The van der Waals surface area contributed by atoms with E-state index in [9.17, 15) is 0 Å². The third-order valence-electron chi connectivity index (χ3n) is 3.85. The lowest BCUT2D eigenvalue weighted by Crippen LogP contribution is -1.91. The van der Waals surface area contributed by atoms with Gasteiger partial charge in [-0.3, -0.25) is 0 Å². The summed E-state index contributed by atoms with van der Waals surface area (Å²) in [5, 5.41) is 0. The number of nitrogens with zero attached hydrogens (tertiary/aromatic N) is 1. The number of hydrogen-bond acceptors (Lipinski definition) is 1. The lowest BCUT2D eigenvalue weighted by atomic mass is 10.1. The van der Waals surface area contributed by atoms with E-state index in [-0.39, 0.29) is 0 Å². The van der Waals surface area contributed by atoms with Gasteiger partial charge in [0.1, 0.15) is 5.56 Å². The molecule has 1 aromatic heterocycles. The molecule has 4 aromatic rings. The summed E-state index contributed by atoms with van der Waals surface area (Å²) in [6.45, 7) is 0. The number of hydrogen-bond donors (Lipinski definition) is 0. The fraction of sp³-hybridized carbons (Fsp3) is 0. The molecule has 146 valence electrons. The largest absolute Gasteiger partial charge is 0.564 e. The van der Waals surface area contributed by atoms with Crippen LogP contribution in [0.4, 0.5) is 0 Å². The van der Waals surface area contributed by atoms with Crippen molar-refractivity contribution in [3.8, 4) is 34.0 Å². The van der Waals surface area contributed by atoms with Crippen LogP contribution in [-0.2, 0) is 0 Å². The molecule has 0 atom stereocenters. The van der Waals surface area contributed by atoms with Gasteiger partial charge in [0.15, 0.2) is 0 Å². The van der Waals surface area contributed by atoms with E-state index in [0.717, 1.165) is 28.1 Å². The van der Waals surface area contributed by atoms with E-state index in [2.05, 4.69) is 12.1 Å². The molecule has 0 unspecified atom stereocenters. The fourth-order valence-electron chi connectivity index (χ4n) is 2.63. The van der Waals surface area contributed by atoms with E-state index in [1.807, 2.05) is 84.9 Å². The van der Waals surface area contributed by atoms with Gasteiger partial charge in [-0.1, -0.05) is 66.7 Å². The molecule has 0 saturated heterocycles. The summed E-state index contributed by atoms with van der Waals surface area (Å²) in [4.78, 5) is 4.73. The van der Waals surface area contributed by atoms with E-state index >= 15 is 0 Å². The summed E-state index contributed by atoms with van der Waals surface area (Å²) in [7, 11) is 17.0. The van der Waals surface area contributed by atoms with Crippen LogP contribution in [0.25, 0.3) is 34.0 Å². The van der Waals surface area contributed by atoms with Crippen molar-refractivity contribution in [2.24, 2.45) is 0 Å². The molecule has 0 aliphatic rings. The minimum absolute atomic E-state index is 0.621. The maximum atomic E-state index is 6.10. The Morgan fingerprint density at radius 2 is 1.00 bits per heavy atom. The van der Waals surface area contributed by atoms with Crippen molar-refractivity contribution in [1.82, 2.24) is 4.98 Å². The van der Waals surface area contributed by atoms with Crippen LogP contribution in [0.1, 0.15) is 0 Å². The first-order valence-electron chi connectivity index (χ1n) is 8.79. The summed E-state index contributed by atoms with van der Waals surface area (Å²) >= 11 is 0. The minimum atomic E-state index is -2.94. The van der Waals surface area contributed by atoms with Gasteiger partial charge < -0.3 is 40.2 Å². The van der Waals surface area contributed by atoms with Crippen LogP contribution in [0.5, 0.6) is 0 Å². The zero-order chi connectivity index (χ0) is 20.7. The summed E-state index contributed by atoms with van der Waals surface area (Å²) in [6.07, 6.45) is 0. The normalized spacial score (nSPS) is 10.8. The van der Waals surface area contributed by atoms with Crippen LogP contribution >= 0.6 is 40.2 Å². The first kappa shape index (κ1) is 22.1. The smallest absolute Gasteiger partial charge is 0.391 e. The van der Waals surface area contributed by atoms with Gasteiger partial charge in [-0.05, 0) is 24.3 Å². The van der Waals surface area contributed by atoms with Crippen LogP contribution in [0.2, 0.25) is 0 Å². The molecule has 0 radical (unpaired) electrons. The summed E-state index contributed by atoms with van der Waals surface area (Å²) < 4.78 is 6.10. The zero-order valence-electron chi connectivity index (χ0n) is 15.2. The van der Waals surface area contributed by atoms with Crippen LogP contribution in [-0.4, -0.2) is 14.4 Å². The average Bonchev–Trinajstić information content (AvgIpc) is 2.74. The molecular formula is C22H16AlCl4NO. The lowest BCUT2D eigenvalue weighted by molar-refractivity contribution is 0.562. The first-order chi connectivity index (χ1) is 13.9. The van der Waals surface area contributed by atoms with E-state index in [4.69, 9.17) is 49.6 Å². The van der Waals surface area contributed by atoms with Gasteiger partial charge in [0.05, 0.1) is 17.3 Å². The molecule has 7 heteroatoms. The monoisotopic (exact) mass is 477 g/mol. The molecule has 4 rings (SSSR count). The zero-order valence-corrected chi connectivity index (χ0v) is 19.4.